The first-order valence-electron chi connectivity index (χ1n) is 6.14. The molecule has 0 fully saturated rings. The van der Waals surface area contributed by atoms with Crippen molar-refractivity contribution >= 4 is 5.97 Å². The number of rotatable bonds is 9. The lowest BCUT2D eigenvalue weighted by Gasteiger charge is -2.37. The van der Waals surface area contributed by atoms with E-state index in [4.69, 9.17) is 14.2 Å². The molecule has 0 atom stereocenters. The minimum Gasteiger partial charge on any atom is -0.466 e. The summed E-state index contributed by atoms with van der Waals surface area (Å²) in [7, 11) is 1.87. The van der Waals surface area contributed by atoms with E-state index in [1.54, 1.807) is 6.92 Å². The van der Waals surface area contributed by atoms with Gasteiger partial charge in [0.05, 0.1) is 13.0 Å². The molecule has 0 amide bonds. The molecule has 0 bridgehead atoms. The van der Waals surface area contributed by atoms with E-state index in [1.165, 1.54) is 0 Å². The van der Waals surface area contributed by atoms with Crippen molar-refractivity contribution in [3.63, 3.8) is 0 Å². The van der Waals surface area contributed by atoms with E-state index >= 15 is 0 Å². The number of esters is 1. The smallest absolute Gasteiger partial charge is 0.307 e. The Balaban J connectivity index is 4.22. The van der Waals surface area contributed by atoms with Gasteiger partial charge >= 0.3 is 5.97 Å². The van der Waals surface area contributed by atoms with E-state index < -0.39 is 5.91 Å². The molecule has 0 aliphatic heterocycles. The second-order valence-electron chi connectivity index (χ2n) is 3.74. The molecule has 0 aliphatic carbocycles. The molecule has 17 heavy (non-hydrogen) atoms. The van der Waals surface area contributed by atoms with Crippen LogP contribution >= 0.6 is 0 Å². The molecular weight excluding hydrogens is 222 g/mol. The van der Waals surface area contributed by atoms with E-state index in [-0.39, 0.29) is 5.97 Å². The summed E-state index contributed by atoms with van der Waals surface area (Å²) in [6.07, 6.45) is 0.333. The highest BCUT2D eigenvalue weighted by Gasteiger charge is 2.30. The molecule has 0 saturated heterocycles. The molecule has 102 valence electrons. The van der Waals surface area contributed by atoms with Crippen molar-refractivity contribution in [2.75, 3.05) is 33.4 Å². The molecule has 0 radical (unpaired) electrons. The van der Waals surface area contributed by atoms with Crippen molar-refractivity contribution in [2.45, 2.75) is 40.0 Å². The lowest BCUT2D eigenvalue weighted by molar-refractivity contribution is -0.297. The second-order valence-corrected chi connectivity index (χ2v) is 3.74. The first kappa shape index (κ1) is 16.4. The molecular formula is C12H25NO4. The van der Waals surface area contributed by atoms with Crippen LogP contribution in [0.5, 0.6) is 0 Å². The number of hydrogen-bond donors (Lipinski definition) is 0. The zero-order valence-corrected chi connectivity index (χ0v) is 11.6. The maximum absolute atomic E-state index is 11.3. The van der Waals surface area contributed by atoms with Crippen molar-refractivity contribution in [3.8, 4) is 0 Å². The SMILES string of the molecule is CCOC(=O)CCN(C)C(C)(OCC)OCC. The summed E-state index contributed by atoms with van der Waals surface area (Å²) < 4.78 is 16.0. The van der Waals surface area contributed by atoms with Crippen LogP contribution in [0.2, 0.25) is 0 Å². The summed E-state index contributed by atoms with van der Waals surface area (Å²) in [5.41, 5.74) is 0. The van der Waals surface area contributed by atoms with E-state index in [9.17, 15) is 4.79 Å². The summed E-state index contributed by atoms with van der Waals surface area (Å²) in [5.74, 6) is -0.981. The average molecular weight is 247 g/mol. The average Bonchev–Trinajstić information content (AvgIpc) is 2.27. The highest BCUT2D eigenvalue weighted by Crippen LogP contribution is 2.17. The zero-order valence-electron chi connectivity index (χ0n) is 11.6. The molecule has 5 nitrogen and oxygen atoms in total. The van der Waals surface area contributed by atoms with Gasteiger partial charge in [-0.3, -0.25) is 9.69 Å². The Labute approximate surface area is 104 Å². The van der Waals surface area contributed by atoms with Crippen LogP contribution < -0.4 is 0 Å². The summed E-state index contributed by atoms with van der Waals surface area (Å²) >= 11 is 0. The standard InChI is InChI=1S/C12H25NO4/c1-6-15-11(14)9-10-13(5)12(4,16-7-2)17-8-3/h6-10H2,1-5H3. The van der Waals surface area contributed by atoms with Crippen LogP contribution in [0.1, 0.15) is 34.1 Å². The van der Waals surface area contributed by atoms with Gasteiger partial charge in [0.2, 0.25) is 5.91 Å². The molecule has 0 heterocycles. The zero-order chi connectivity index (χ0) is 13.3. The van der Waals surface area contributed by atoms with E-state index in [2.05, 4.69) is 0 Å². The molecule has 0 N–H and O–H groups in total. The number of carbonyl (C=O) groups is 1. The first-order valence-corrected chi connectivity index (χ1v) is 6.14. The third-order valence-corrected chi connectivity index (χ3v) is 2.47. The minimum atomic E-state index is -0.782. The molecule has 0 rings (SSSR count). The summed E-state index contributed by atoms with van der Waals surface area (Å²) in [6, 6.07) is 0. The molecule has 0 saturated carbocycles. The van der Waals surface area contributed by atoms with Crippen molar-refractivity contribution in [3.05, 3.63) is 0 Å². The topological polar surface area (TPSA) is 48.0 Å². The lowest BCUT2D eigenvalue weighted by Crippen LogP contribution is -2.49. The van der Waals surface area contributed by atoms with Crippen LogP contribution in [0.25, 0.3) is 0 Å². The number of carbonyl (C=O) groups excluding carboxylic acids is 1. The number of hydrogen-bond acceptors (Lipinski definition) is 5. The Morgan fingerprint density at radius 1 is 1.12 bits per heavy atom. The first-order chi connectivity index (χ1) is 8.00. The van der Waals surface area contributed by atoms with Crippen molar-refractivity contribution in [1.82, 2.24) is 4.90 Å². The Morgan fingerprint density at radius 2 is 1.65 bits per heavy atom. The molecule has 0 aromatic heterocycles. The molecule has 0 aliphatic rings. The predicted molar refractivity (Wildman–Crippen MR) is 65.5 cm³/mol. The van der Waals surface area contributed by atoms with Crippen LogP contribution in [0.3, 0.4) is 0 Å². The van der Waals surface area contributed by atoms with Crippen LogP contribution in [-0.2, 0) is 19.0 Å². The summed E-state index contributed by atoms with van der Waals surface area (Å²) in [4.78, 5) is 13.1. The van der Waals surface area contributed by atoms with E-state index in [0.717, 1.165) is 0 Å². The van der Waals surface area contributed by atoms with Crippen molar-refractivity contribution < 1.29 is 19.0 Å². The number of nitrogens with zero attached hydrogens (tertiary/aromatic N) is 1. The van der Waals surface area contributed by atoms with Crippen LogP contribution in [-0.4, -0.2) is 50.2 Å². The van der Waals surface area contributed by atoms with Gasteiger partial charge in [0.15, 0.2) is 0 Å². The van der Waals surface area contributed by atoms with Crippen LogP contribution in [0.15, 0.2) is 0 Å². The highest BCUT2D eigenvalue weighted by atomic mass is 16.7. The predicted octanol–water partition coefficient (Wildman–Crippen LogP) is 1.62. The van der Waals surface area contributed by atoms with E-state index in [1.807, 2.05) is 32.7 Å². The van der Waals surface area contributed by atoms with Gasteiger partial charge in [-0.15, -0.1) is 0 Å². The monoisotopic (exact) mass is 247 g/mol. The van der Waals surface area contributed by atoms with Crippen molar-refractivity contribution in [1.29, 1.82) is 0 Å². The summed E-state index contributed by atoms with van der Waals surface area (Å²) in [5, 5.41) is 0. The molecule has 5 heteroatoms. The van der Waals surface area contributed by atoms with Crippen molar-refractivity contribution in [2.24, 2.45) is 0 Å². The molecule has 0 spiro atoms. The number of ether oxygens (including phenoxy) is 3. The third kappa shape index (κ3) is 6.00. The van der Waals surface area contributed by atoms with Gasteiger partial charge in [0.25, 0.3) is 0 Å². The Bertz CT molecular complexity index is 215. The van der Waals surface area contributed by atoms with Gasteiger partial charge < -0.3 is 14.2 Å². The van der Waals surface area contributed by atoms with Gasteiger partial charge in [-0.25, -0.2) is 0 Å². The van der Waals surface area contributed by atoms with Gasteiger partial charge in [-0.1, -0.05) is 0 Å². The van der Waals surface area contributed by atoms with Gasteiger partial charge in [0, 0.05) is 26.7 Å². The molecule has 0 aromatic rings. The maximum Gasteiger partial charge on any atom is 0.307 e. The fraction of sp³-hybridized carbons (Fsp3) is 0.917. The Hall–Kier alpha value is -0.650. The molecule has 0 unspecified atom stereocenters. The fourth-order valence-corrected chi connectivity index (χ4v) is 1.49. The third-order valence-electron chi connectivity index (χ3n) is 2.47. The fourth-order valence-electron chi connectivity index (χ4n) is 1.49. The van der Waals surface area contributed by atoms with Crippen LogP contribution in [0, 0.1) is 0 Å². The highest BCUT2D eigenvalue weighted by molar-refractivity contribution is 5.69. The van der Waals surface area contributed by atoms with Gasteiger partial charge in [-0.2, -0.15) is 0 Å². The van der Waals surface area contributed by atoms with Gasteiger partial charge in [-0.05, 0) is 27.8 Å². The van der Waals surface area contributed by atoms with Gasteiger partial charge in [0.1, 0.15) is 0 Å². The quantitative estimate of drug-likeness (QED) is 0.458. The summed E-state index contributed by atoms with van der Waals surface area (Å²) in [6.45, 7) is 9.54. The Morgan fingerprint density at radius 3 is 2.06 bits per heavy atom. The normalized spacial score (nSPS) is 11.9. The Kier molecular flexibility index (Phi) is 8.12. The lowest BCUT2D eigenvalue weighted by atomic mass is 10.3. The molecule has 0 aromatic carbocycles. The second kappa shape index (κ2) is 8.44. The largest absolute Gasteiger partial charge is 0.466 e. The maximum atomic E-state index is 11.3. The minimum absolute atomic E-state index is 0.199. The van der Waals surface area contributed by atoms with E-state index in [0.29, 0.717) is 32.8 Å². The van der Waals surface area contributed by atoms with Crippen LogP contribution in [0.4, 0.5) is 0 Å².